The van der Waals surface area contributed by atoms with Crippen LogP contribution in [0.25, 0.3) is 0 Å². The summed E-state index contributed by atoms with van der Waals surface area (Å²) in [7, 11) is 0. The molecule has 0 N–H and O–H groups in total. The van der Waals surface area contributed by atoms with E-state index in [9.17, 15) is 4.79 Å². The van der Waals surface area contributed by atoms with Crippen LogP contribution in [0.3, 0.4) is 0 Å². The molecule has 1 unspecified atom stereocenters. The van der Waals surface area contributed by atoms with Gasteiger partial charge in [-0.1, -0.05) is 10.4 Å². The second-order valence-corrected chi connectivity index (χ2v) is 6.27. The summed E-state index contributed by atoms with van der Waals surface area (Å²) in [5.74, 6) is 0.906. The molecule has 0 spiro atoms. The van der Waals surface area contributed by atoms with E-state index >= 15 is 0 Å². The molecule has 4 rings (SSSR count). The zero-order chi connectivity index (χ0) is 14.9. The molecule has 2 fully saturated rings. The molecule has 7 heteroatoms. The van der Waals surface area contributed by atoms with Gasteiger partial charge in [0.1, 0.15) is 11.8 Å². The van der Waals surface area contributed by atoms with E-state index in [-0.39, 0.29) is 5.91 Å². The number of carbonyl (C=O) groups excluding carboxylic acids is 1. The lowest BCUT2D eigenvalue weighted by Crippen LogP contribution is -2.41. The third-order valence-corrected chi connectivity index (χ3v) is 4.52. The minimum Gasteiger partial charge on any atom is -0.364 e. The molecular formula is C15H19N5O2. The smallest absolute Gasteiger partial charge is 0.259 e. The molecule has 2 aromatic rings. The van der Waals surface area contributed by atoms with Crippen LogP contribution >= 0.6 is 0 Å². The van der Waals surface area contributed by atoms with E-state index in [4.69, 9.17) is 4.52 Å². The van der Waals surface area contributed by atoms with Crippen LogP contribution in [0.2, 0.25) is 0 Å². The molecule has 3 heterocycles. The molecule has 1 amide bonds. The van der Waals surface area contributed by atoms with Crippen LogP contribution in [0.4, 0.5) is 0 Å². The van der Waals surface area contributed by atoms with Crippen LogP contribution in [-0.4, -0.2) is 44.0 Å². The number of hydrogen-bond donors (Lipinski definition) is 0. The SMILES string of the molecule is O=C(c1conc1C1CC1)N1CCCC(Cn2ccnn2)C1. The molecule has 2 aromatic heterocycles. The van der Waals surface area contributed by atoms with Crippen molar-refractivity contribution in [2.75, 3.05) is 13.1 Å². The summed E-state index contributed by atoms with van der Waals surface area (Å²) in [6.45, 7) is 2.37. The first-order valence-electron chi connectivity index (χ1n) is 7.89. The number of nitrogens with zero attached hydrogens (tertiary/aromatic N) is 5. The summed E-state index contributed by atoms with van der Waals surface area (Å²) >= 11 is 0. The highest BCUT2D eigenvalue weighted by Crippen LogP contribution is 2.41. The summed E-state index contributed by atoms with van der Waals surface area (Å²) in [4.78, 5) is 14.7. The van der Waals surface area contributed by atoms with Crippen molar-refractivity contribution < 1.29 is 9.32 Å². The molecule has 116 valence electrons. The minimum absolute atomic E-state index is 0.0615. The summed E-state index contributed by atoms with van der Waals surface area (Å²) in [5, 5.41) is 11.9. The van der Waals surface area contributed by atoms with Crippen molar-refractivity contribution in [3.8, 4) is 0 Å². The monoisotopic (exact) mass is 301 g/mol. The number of aromatic nitrogens is 4. The molecule has 22 heavy (non-hydrogen) atoms. The number of likely N-dealkylation sites (tertiary alicyclic amines) is 1. The molecule has 1 atom stereocenters. The minimum atomic E-state index is 0.0615. The third kappa shape index (κ3) is 2.63. The fraction of sp³-hybridized carbons (Fsp3) is 0.600. The highest BCUT2D eigenvalue weighted by molar-refractivity contribution is 5.95. The van der Waals surface area contributed by atoms with Crippen LogP contribution in [0.5, 0.6) is 0 Å². The molecule has 7 nitrogen and oxygen atoms in total. The Balaban J connectivity index is 1.45. The van der Waals surface area contributed by atoms with Crippen LogP contribution < -0.4 is 0 Å². The summed E-state index contributed by atoms with van der Waals surface area (Å²) in [5.41, 5.74) is 1.51. The lowest BCUT2D eigenvalue weighted by molar-refractivity contribution is 0.0657. The fourth-order valence-corrected chi connectivity index (χ4v) is 3.22. The molecule has 1 saturated heterocycles. The van der Waals surface area contributed by atoms with Crippen molar-refractivity contribution in [3.63, 3.8) is 0 Å². The number of piperidine rings is 1. The maximum absolute atomic E-state index is 12.8. The number of amides is 1. The van der Waals surface area contributed by atoms with Crippen LogP contribution in [-0.2, 0) is 6.54 Å². The van der Waals surface area contributed by atoms with Crippen molar-refractivity contribution in [1.82, 2.24) is 25.1 Å². The van der Waals surface area contributed by atoms with E-state index in [1.54, 1.807) is 6.20 Å². The van der Waals surface area contributed by atoms with Gasteiger partial charge in [-0.25, -0.2) is 0 Å². The van der Waals surface area contributed by atoms with E-state index in [1.807, 2.05) is 15.8 Å². The highest BCUT2D eigenvalue weighted by atomic mass is 16.5. The maximum Gasteiger partial charge on any atom is 0.259 e. The number of carbonyl (C=O) groups is 1. The Bertz CT molecular complexity index is 647. The Morgan fingerprint density at radius 3 is 3.05 bits per heavy atom. The lowest BCUT2D eigenvalue weighted by Gasteiger charge is -2.32. The van der Waals surface area contributed by atoms with Gasteiger partial charge < -0.3 is 9.42 Å². The van der Waals surface area contributed by atoms with Crippen molar-refractivity contribution in [2.24, 2.45) is 5.92 Å². The van der Waals surface area contributed by atoms with Gasteiger partial charge in [-0.2, -0.15) is 0 Å². The van der Waals surface area contributed by atoms with Gasteiger partial charge in [0.05, 0.1) is 11.9 Å². The second-order valence-electron chi connectivity index (χ2n) is 6.27. The van der Waals surface area contributed by atoms with E-state index in [0.717, 1.165) is 51.0 Å². The van der Waals surface area contributed by atoms with Gasteiger partial charge in [0.25, 0.3) is 5.91 Å². The standard InChI is InChI=1S/C15H19N5O2/c21-15(13-10-22-17-14(13)12-3-4-12)19-6-1-2-11(8-19)9-20-7-5-16-18-20/h5,7,10-12H,1-4,6,8-9H2. The predicted molar refractivity (Wildman–Crippen MR) is 77.1 cm³/mol. The average molecular weight is 301 g/mol. The molecule has 1 saturated carbocycles. The van der Waals surface area contributed by atoms with E-state index in [1.165, 1.54) is 6.26 Å². The Hall–Kier alpha value is -2.18. The maximum atomic E-state index is 12.8. The summed E-state index contributed by atoms with van der Waals surface area (Å²) in [6, 6.07) is 0. The van der Waals surface area contributed by atoms with Gasteiger partial charge in [-0.05, 0) is 31.6 Å². The van der Waals surface area contributed by atoms with Gasteiger partial charge in [0, 0.05) is 31.7 Å². The summed E-state index contributed by atoms with van der Waals surface area (Å²) < 4.78 is 6.89. The molecule has 2 aliphatic rings. The normalized spacial score (nSPS) is 22.0. The van der Waals surface area contributed by atoms with Crippen LogP contribution in [0.15, 0.2) is 23.2 Å². The molecule has 0 bridgehead atoms. The second kappa shape index (κ2) is 5.55. The van der Waals surface area contributed by atoms with Crippen molar-refractivity contribution in [2.45, 2.75) is 38.1 Å². The Morgan fingerprint density at radius 1 is 1.36 bits per heavy atom. The molecule has 0 aromatic carbocycles. The first-order chi connectivity index (χ1) is 10.8. The van der Waals surface area contributed by atoms with Crippen molar-refractivity contribution in [1.29, 1.82) is 0 Å². The molecule has 1 aliphatic heterocycles. The fourth-order valence-electron chi connectivity index (χ4n) is 3.22. The van der Waals surface area contributed by atoms with Crippen molar-refractivity contribution in [3.05, 3.63) is 29.9 Å². The van der Waals surface area contributed by atoms with Crippen LogP contribution in [0.1, 0.15) is 47.7 Å². The molecule has 0 radical (unpaired) electrons. The largest absolute Gasteiger partial charge is 0.364 e. The molecular weight excluding hydrogens is 282 g/mol. The topological polar surface area (TPSA) is 77.0 Å². The Morgan fingerprint density at radius 2 is 2.27 bits per heavy atom. The number of rotatable bonds is 4. The highest BCUT2D eigenvalue weighted by Gasteiger charge is 2.34. The Labute approximate surface area is 128 Å². The predicted octanol–water partition coefficient (Wildman–Crippen LogP) is 1.70. The van der Waals surface area contributed by atoms with E-state index in [2.05, 4.69) is 15.5 Å². The zero-order valence-corrected chi connectivity index (χ0v) is 12.4. The Kier molecular flexibility index (Phi) is 3.40. The lowest BCUT2D eigenvalue weighted by atomic mass is 9.97. The van der Waals surface area contributed by atoms with E-state index < -0.39 is 0 Å². The van der Waals surface area contributed by atoms with Gasteiger partial charge in [0.15, 0.2) is 0 Å². The quantitative estimate of drug-likeness (QED) is 0.859. The van der Waals surface area contributed by atoms with Crippen LogP contribution in [0, 0.1) is 5.92 Å². The first-order valence-corrected chi connectivity index (χ1v) is 7.89. The van der Waals surface area contributed by atoms with Gasteiger partial charge in [-0.15, -0.1) is 5.10 Å². The van der Waals surface area contributed by atoms with E-state index in [0.29, 0.717) is 17.4 Å². The van der Waals surface area contributed by atoms with Gasteiger partial charge >= 0.3 is 0 Å². The van der Waals surface area contributed by atoms with Gasteiger partial charge in [0.2, 0.25) is 0 Å². The zero-order valence-electron chi connectivity index (χ0n) is 12.4. The third-order valence-electron chi connectivity index (χ3n) is 4.52. The summed E-state index contributed by atoms with van der Waals surface area (Å²) in [6.07, 6.45) is 9.43. The first kappa shape index (κ1) is 13.5. The average Bonchev–Trinajstić information content (AvgIpc) is 3.05. The van der Waals surface area contributed by atoms with Crippen molar-refractivity contribution >= 4 is 5.91 Å². The molecule has 1 aliphatic carbocycles. The van der Waals surface area contributed by atoms with Gasteiger partial charge in [-0.3, -0.25) is 9.48 Å². The number of hydrogen-bond acceptors (Lipinski definition) is 5.